The van der Waals surface area contributed by atoms with Gasteiger partial charge >= 0.3 is 0 Å². The summed E-state index contributed by atoms with van der Waals surface area (Å²) in [6.07, 6.45) is 0.179. The van der Waals surface area contributed by atoms with Gasteiger partial charge in [-0.3, -0.25) is 4.79 Å². The van der Waals surface area contributed by atoms with Gasteiger partial charge in [-0.05, 0) is 30.7 Å². The molecule has 0 saturated heterocycles. The van der Waals surface area contributed by atoms with Gasteiger partial charge in [0.1, 0.15) is 11.4 Å². The molecular formula is C17H18ClNO3. The van der Waals surface area contributed by atoms with E-state index in [1.807, 2.05) is 0 Å². The second kappa shape index (κ2) is 6.81. The van der Waals surface area contributed by atoms with Crippen molar-refractivity contribution in [2.75, 3.05) is 6.54 Å². The van der Waals surface area contributed by atoms with E-state index >= 15 is 0 Å². The van der Waals surface area contributed by atoms with E-state index in [1.165, 1.54) is 12.1 Å². The number of aliphatic hydroxyl groups is 1. The molecular weight excluding hydrogens is 302 g/mol. The third-order valence-corrected chi connectivity index (χ3v) is 3.71. The Kier molecular flexibility index (Phi) is 5.06. The summed E-state index contributed by atoms with van der Waals surface area (Å²) < 4.78 is 0. The minimum absolute atomic E-state index is 0.0631. The van der Waals surface area contributed by atoms with Gasteiger partial charge in [-0.1, -0.05) is 41.9 Å². The molecule has 1 amide bonds. The first kappa shape index (κ1) is 16.3. The first-order valence-electron chi connectivity index (χ1n) is 6.90. The summed E-state index contributed by atoms with van der Waals surface area (Å²) in [5.41, 5.74) is 0.109. The molecule has 1 atom stereocenters. The number of hydrogen-bond donors (Lipinski definition) is 3. The zero-order chi connectivity index (χ0) is 16.2. The van der Waals surface area contributed by atoms with Crippen molar-refractivity contribution in [1.29, 1.82) is 0 Å². The number of carbonyl (C=O) groups is 1. The van der Waals surface area contributed by atoms with E-state index < -0.39 is 5.60 Å². The molecule has 0 bridgehead atoms. The summed E-state index contributed by atoms with van der Waals surface area (Å²) in [7, 11) is 0. The highest BCUT2D eigenvalue weighted by atomic mass is 35.5. The number of hydrogen-bond acceptors (Lipinski definition) is 3. The SMILES string of the molecule is CC(O)(CNC(=O)Cc1ccc(O)cc1)c1ccccc1Cl. The van der Waals surface area contributed by atoms with Crippen LogP contribution < -0.4 is 5.32 Å². The Morgan fingerprint density at radius 2 is 1.82 bits per heavy atom. The van der Waals surface area contributed by atoms with Crippen LogP contribution in [0.25, 0.3) is 0 Å². The Hall–Kier alpha value is -2.04. The van der Waals surface area contributed by atoms with E-state index in [9.17, 15) is 15.0 Å². The second-order valence-corrected chi connectivity index (χ2v) is 5.78. The van der Waals surface area contributed by atoms with Crippen molar-refractivity contribution in [2.45, 2.75) is 18.9 Å². The van der Waals surface area contributed by atoms with Crippen LogP contribution in [0.5, 0.6) is 5.75 Å². The molecule has 1 unspecified atom stereocenters. The van der Waals surface area contributed by atoms with E-state index in [2.05, 4.69) is 5.32 Å². The fourth-order valence-corrected chi connectivity index (χ4v) is 2.46. The van der Waals surface area contributed by atoms with Crippen LogP contribution in [0.2, 0.25) is 5.02 Å². The van der Waals surface area contributed by atoms with Crippen molar-refractivity contribution in [3.05, 3.63) is 64.7 Å². The summed E-state index contributed by atoms with van der Waals surface area (Å²) in [4.78, 5) is 11.9. The van der Waals surface area contributed by atoms with Crippen molar-refractivity contribution < 1.29 is 15.0 Å². The highest BCUT2D eigenvalue weighted by Gasteiger charge is 2.26. The van der Waals surface area contributed by atoms with Crippen LogP contribution in [-0.4, -0.2) is 22.7 Å². The molecule has 0 fully saturated rings. The average molecular weight is 320 g/mol. The summed E-state index contributed by atoms with van der Waals surface area (Å²) in [6, 6.07) is 13.4. The molecule has 0 aliphatic heterocycles. The lowest BCUT2D eigenvalue weighted by Gasteiger charge is -2.25. The van der Waals surface area contributed by atoms with Crippen molar-refractivity contribution in [3.63, 3.8) is 0 Å². The van der Waals surface area contributed by atoms with Gasteiger partial charge in [0.05, 0.1) is 13.0 Å². The molecule has 2 aromatic carbocycles. The third-order valence-electron chi connectivity index (χ3n) is 3.38. The first-order chi connectivity index (χ1) is 10.4. The number of amides is 1. The van der Waals surface area contributed by atoms with Crippen LogP contribution in [0.3, 0.4) is 0 Å². The molecule has 0 radical (unpaired) electrons. The highest BCUT2D eigenvalue weighted by molar-refractivity contribution is 6.31. The topological polar surface area (TPSA) is 69.6 Å². The monoisotopic (exact) mass is 319 g/mol. The summed E-state index contributed by atoms with van der Waals surface area (Å²) in [5.74, 6) is -0.0520. The van der Waals surface area contributed by atoms with Gasteiger partial charge in [0.15, 0.2) is 0 Å². The minimum Gasteiger partial charge on any atom is -0.508 e. The zero-order valence-corrected chi connectivity index (χ0v) is 13.0. The Labute approximate surface area is 134 Å². The minimum atomic E-state index is -1.25. The molecule has 3 N–H and O–H groups in total. The predicted molar refractivity (Wildman–Crippen MR) is 85.8 cm³/mol. The Bertz CT molecular complexity index is 653. The van der Waals surface area contributed by atoms with Crippen molar-refractivity contribution in [2.24, 2.45) is 0 Å². The second-order valence-electron chi connectivity index (χ2n) is 5.37. The zero-order valence-electron chi connectivity index (χ0n) is 12.2. The van der Waals surface area contributed by atoms with E-state index in [4.69, 9.17) is 11.6 Å². The fraction of sp³-hybridized carbons (Fsp3) is 0.235. The van der Waals surface area contributed by atoms with Gasteiger partial charge in [0.2, 0.25) is 5.91 Å². The van der Waals surface area contributed by atoms with Gasteiger partial charge in [-0.25, -0.2) is 0 Å². The number of phenolic OH excluding ortho intramolecular Hbond substituents is 1. The lowest BCUT2D eigenvalue weighted by atomic mass is 9.96. The van der Waals surface area contributed by atoms with Crippen LogP contribution in [0.1, 0.15) is 18.1 Å². The molecule has 0 spiro atoms. The Morgan fingerprint density at radius 1 is 1.18 bits per heavy atom. The van der Waals surface area contributed by atoms with Gasteiger partial charge < -0.3 is 15.5 Å². The van der Waals surface area contributed by atoms with Crippen molar-refractivity contribution in [3.8, 4) is 5.75 Å². The maximum absolute atomic E-state index is 11.9. The largest absolute Gasteiger partial charge is 0.508 e. The highest BCUT2D eigenvalue weighted by Crippen LogP contribution is 2.27. The molecule has 2 rings (SSSR count). The molecule has 116 valence electrons. The van der Waals surface area contributed by atoms with Gasteiger partial charge in [0, 0.05) is 10.6 Å². The molecule has 4 nitrogen and oxygen atoms in total. The average Bonchev–Trinajstić information content (AvgIpc) is 2.48. The third kappa shape index (κ3) is 4.23. The number of phenols is 1. The van der Waals surface area contributed by atoms with Gasteiger partial charge in [-0.2, -0.15) is 0 Å². The lowest BCUT2D eigenvalue weighted by Crippen LogP contribution is -2.39. The molecule has 0 saturated carbocycles. The standard InChI is InChI=1S/C17H18ClNO3/c1-17(22,14-4-2-3-5-15(14)18)11-19-16(21)10-12-6-8-13(20)9-7-12/h2-9,20,22H,10-11H2,1H3,(H,19,21). The predicted octanol–water partition coefficient (Wildman–Crippen LogP) is 2.61. The van der Waals surface area contributed by atoms with Crippen molar-refractivity contribution in [1.82, 2.24) is 5.32 Å². The molecule has 0 heterocycles. The van der Waals surface area contributed by atoms with E-state index in [-0.39, 0.29) is 24.6 Å². The van der Waals surface area contributed by atoms with E-state index in [0.29, 0.717) is 10.6 Å². The Morgan fingerprint density at radius 3 is 2.45 bits per heavy atom. The lowest BCUT2D eigenvalue weighted by molar-refractivity contribution is -0.121. The van der Waals surface area contributed by atoms with Gasteiger partial charge in [-0.15, -0.1) is 0 Å². The smallest absolute Gasteiger partial charge is 0.224 e. The number of carbonyl (C=O) groups excluding carboxylic acids is 1. The number of aromatic hydroxyl groups is 1. The summed E-state index contributed by atoms with van der Waals surface area (Å²) >= 11 is 6.07. The van der Waals surface area contributed by atoms with Crippen LogP contribution >= 0.6 is 11.6 Å². The molecule has 0 aromatic heterocycles. The normalized spacial score (nSPS) is 13.4. The van der Waals surface area contributed by atoms with Crippen LogP contribution in [0, 0.1) is 0 Å². The molecule has 2 aromatic rings. The number of nitrogens with one attached hydrogen (secondary N) is 1. The number of rotatable bonds is 5. The van der Waals surface area contributed by atoms with Crippen LogP contribution in [-0.2, 0) is 16.8 Å². The maximum atomic E-state index is 11.9. The first-order valence-corrected chi connectivity index (χ1v) is 7.28. The molecule has 5 heteroatoms. The fourth-order valence-electron chi connectivity index (χ4n) is 2.13. The number of halogens is 1. The quantitative estimate of drug-likeness (QED) is 0.793. The summed E-state index contributed by atoms with van der Waals surface area (Å²) in [6.45, 7) is 1.67. The van der Waals surface area contributed by atoms with Crippen molar-refractivity contribution >= 4 is 17.5 Å². The number of benzene rings is 2. The van der Waals surface area contributed by atoms with Crippen LogP contribution in [0.4, 0.5) is 0 Å². The maximum Gasteiger partial charge on any atom is 0.224 e. The summed E-state index contributed by atoms with van der Waals surface area (Å²) in [5, 5.41) is 22.9. The molecule has 0 aliphatic carbocycles. The van der Waals surface area contributed by atoms with Crippen LogP contribution in [0.15, 0.2) is 48.5 Å². The Balaban J connectivity index is 1.95. The van der Waals surface area contributed by atoms with E-state index in [0.717, 1.165) is 5.56 Å². The van der Waals surface area contributed by atoms with E-state index in [1.54, 1.807) is 43.3 Å². The molecule has 22 heavy (non-hydrogen) atoms. The molecule has 0 aliphatic rings. The van der Waals surface area contributed by atoms with Gasteiger partial charge in [0.25, 0.3) is 0 Å².